The van der Waals surface area contributed by atoms with E-state index < -0.39 is 8.07 Å². The minimum Gasteiger partial charge on any atom is -0.309 e. The Kier molecular flexibility index (Phi) is 23.0. The first-order valence-electron chi connectivity index (χ1n) is 50.9. The second kappa shape index (κ2) is 38.2. The largest absolute Gasteiger partial charge is 0.309 e. The smallest absolute Gasteiger partial charge is 0.238 e. The standard InChI is InChI=1S/C47H34N4.C46H30N4.C43H34N4Si/c1-3-43-39(27-25-33-26-28-46-40(30-33)38-22-11-12-23-44(38)50(46)36-20-14-15-32(2)29-36)37-21-10-13-24-45(37)51(43)47-48-41(34-16-6-4-7-17-34)31-42(49-47)35-18-8-5-9-19-35;1-4-14-31(15-5-1)40-30-41(32-16-6-2-7-17-32)48-46(47-40)50-43-23-13-11-21-37(43)39-29-34(25-27-45(39)50)33-24-26-44-38(28-33)36-20-10-12-22-42(36)49(44)35-18-8-3-9-19-35;1-3-33-35-27-31(32-22-24-40-36(28-32)34-19-11-12-20-39(34)48(40)25-13-14-26-48)21-23-38(35)47(37(33)4-2)43-45-41(29-15-7-5-8-16-29)44-42(46-43)30-17-9-6-10-18-30/h3-31H,1H2,2H3;1-30H;3-12,15-24,27-28H,1-2,13-14,25-26H2/b27-25+;;. The minimum atomic E-state index is -1.64. The number of fused-ring (bicyclic) bond motifs is 16. The Balaban J connectivity index is 0.000000113. The van der Waals surface area contributed by atoms with Gasteiger partial charge in [-0.1, -0.05) is 397 Å². The van der Waals surface area contributed by atoms with Crippen molar-refractivity contribution in [1.29, 1.82) is 0 Å². The van der Waals surface area contributed by atoms with Crippen molar-refractivity contribution in [2.45, 2.75) is 31.9 Å². The molecule has 2 aliphatic heterocycles. The average Bonchev–Trinajstić information content (AvgIpc) is 1.55. The van der Waals surface area contributed by atoms with Crippen molar-refractivity contribution in [1.82, 2.24) is 57.7 Å². The quantitative estimate of drug-likeness (QED) is 0.0786. The van der Waals surface area contributed by atoms with E-state index in [9.17, 15) is 0 Å². The van der Waals surface area contributed by atoms with Crippen LogP contribution in [0.15, 0.2) is 481 Å². The van der Waals surface area contributed by atoms with Gasteiger partial charge in [-0.2, -0.15) is 9.97 Å². The van der Waals surface area contributed by atoms with Crippen LogP contribution in [0.1, 0.15) is 46.5 Å². The molecule has 0 amide bonds. The zero-order valence-corrected chi connectivity index (χ0v) is 83.1. The number of aryl methyl sites for hydroxylation is 1. The number of benzene rings is 18. The molecular weight excluding hydrogens is 1830 g/mol. The van der Waals surface area contributed by atoms with Gasteiger partial charge in [0.05, 0.1) is 78.3 Å². The number of para-hydroxylation sites is 5. The van der Waals surface area contributed by atoms with Crippen LogP contribution in [0, 0.1) is 6.92 Å². The molecule has 2 aliphatic rings. The molecule has 0 atom stereocenters. The average molecular weight is 1930 g/mol. The third-order valence-electron chi connectivity index (χ3n) is 29.7. The first kappa shape index (κ1) is 89.8. The zero-order valence-electron chi connectivity index (χ0n) is 82.1. The van der Waals surface area contributed by atoms with Crippen molar-refractivity contribution in [3.63, 3.8) is 0 Å². The van der Waals surface area contributed by atoms with E-state index in [1.807, 2.05) is 127 Å². The highest BCUT2D eigenvalue weighted by Gasteiger charge is 2.47. The van der Waals surface area contributed by atoms with Gasteiger partial charge in [-0.05, 0) is 201 Å². The maximum absolute atomic E-state index is 5.19. The number of nitrogens with zero attached hydrogens (tertiary/aromatic N) is 12. The Morgan fingerprint density at radius 3 is 1.07 bits per heavy atom. The highest BCUT2D eigenvalue weighted by atomic mass is 28.3. The number of rotatable bonds is 18. The highest BCUT2D eigenvalue weighted by molar-refractivity contribution is 7.06. The number of hydrogen-bond donors (Lipinski definition) is 0. The Bertz CT molecular complexity index is 9600. The van der Waals surface area contributed by atoms with Crippen molar-refractivity contribution < 1.29 is 0 Å². The van der Waals surface area contributed by atoms with Crippen LogP contribution < -0.4 is 10.4 Å². The topological polar surface area (TPSA) is 115 Å². The molecule has 0 radical (unpaired) electrons. The van der Waals surface area contributed by atoms with Crippen molar-refractivity contribution >= 4 is 136 Å². The molecule has 26 aromatic rings. The van der Waals surface area contributed by atoms with E-state index in [4.69, 9.17) is 34.9 Å². The summed E-state index contributed by atoms with van der Waals surface area (Å²) in [5.41, 5.74) is 34.8. The van der Waals surface area contributed by atoms with Gasteiger partial charge >= 0.3 is 0 Å². The second-order valence-corrected chi connectivity index (χ2v) is 42.6. The van der Waals surface area contributed by atoms with Gasteiger partial charge in [-0.25, -0.2) is 24.9 Å². The lowest BCUT2D eigenvalue weighted by molar-refractivity contribution is 0.926. The molecule has 0 aliphatic carbocycles. The molecule has 149 heavy (non-hydrogen) atoms. The van der Waals surface area contributed by atoms with Gasteiger partial charge in [-0.15, -0.1) is 0 Å². The Morgan fingerprint density at radius 1 is 0.228 bits per heavy atom. The summed E-state index contributed by atoms with van der Waals surface area (Å²) in [7, 11) is -1.64. The molecule has 1 spiro atoms. The summed E-state index contributed by atoms with van der Waals surface area (Å²) in [6.45, 7) is 14.9. The van der Waals surface area contributed by atoms with Crippen LogP contribution in [0.5, 0.6) is 0 Å². The van der Waals surface area contributed by atoms with E-state index in [0.717, 1.165) is 123 Å². The lowest BCUT2D eigenvalue weighted by atomic mass is 9.97. The normalized spacial score (nSPS) is 12.5. The molecule has 8 aromatic heterocycles. The van der Waals surface area contributed by atoms with Crippen LogP contribution in [-0.2, 0) is 0 Å². The Labute approximate surface area is 864 Å². The third-order valence-corrected chi connectivity index (χ3v) is 35.1. The summed E-state index contributed by atoms with van der Waals surface area (Å²) in [5, 5.41) is 12.8. The molecule has 10 heterocycles. The second-order valence-electron chi connectivity index (χ2n) is 38.4. The summed E-state index contributed by atoms with van der Waals surface area (Å²) in [6, 6.07) is 166. The zero-order chi connectivity index (χ0) is 99.6. The van der Waals surface area contributed by atoms with Crippen molar-refractivity contribution in [3.05, 3.63) is 514 Å². The summed E-state index contributed by atoms with van der Waals surface area (Å²) in [6.07, 6.45) is 12.8. The first-order chi connectivity index (χ1) is 73.6. The fraction of sp³-hybridized carbons (Fsp3) is 0.0368. The van der Waals surface area contributed by atoms with Crippen LogP contribution in [0.2, 0.25) is 12.1 Å². The van der Waals surface area contributed by atoms with Crippen LogP contribution >= 0.6 is 0 Å². The Morgan fingerprint density at radius 2 is 0.584 bits per heavy atom. The highest BCUT2D eigenvalue weighted by Crippen LogP contribution is 2.46. The van der Waals surface area contributed by atoms with Gasteiger partial charge in [0.2, 0.25) is 17.8 Å². The molecule has 13 heteroatoms. The SMILES string of the molecule is C=Cc1c(/C=C/c2ccc3c(c2)c2ccccc2n3-c2cccc(C)c2)c2ccccc2n1-c1nc(-c2ccccc2)cc(-c2ccccc2)n1.C=Cc1c(C=C)n(-c2nc(-c3ccccc3)nc(-c3ccccc3)n2)c2ccc(-c3ccc4c(c3)-c3ccccc3[Si]43CCCC3)cc12.c1ccc(-c2cc(-c3ccccc3)nc(-n3c4ccccc4c4cc(-c5ccc6c(c5)c5ccccc5n6-c5ccccc5)ccc43)n2)cc1. The molecule has 0 unspecified atom stereocenters. The van der Waals surface area contributed by atoms with Gasteiger partial charge < -0.3 is 9.13 Å². The first-order valence-corrected chi connectivity index (χ1v) is 53.3. The number of hydrogen-bond acceptors (Lipinski definition) is 7. The van der Waals surface area contributed by atoms with E-state index in [1.54, 1.807) is 10.4 Å². The molecule has 12 nitrogen and oxygen atoms in total. The van der Waals surface area contributed by atoms with Gasteiger partial charge in [0.15, 0.2) is 11.6 Å². The van der Waals surface area contributed by atoms with Crippen molar-refractivity contribution in [2.24, 2.45) is 0 Å². The monoisotopic (exact) mass is 1930 g/mol. The molecule has 1 saturated heterocycles. The predicted molar refractivity (Wildman–Crippen MR) is 624 cm³/mol. The van der Waals surface area contributed by atoms with Crippen molar-refractivity contribution in [2.75, 3.05) is 0 Å². The number of aromatic nitrogens is 12. The molecule has 0 saturated carbocycles. The maximum Gasteiger partial charge on any atom is 0.238 e. The van der Waals surface area contributed by atoms with Crippen LogP contribution in [-0.4, -0.2) is 65.8 Å². The van der Waals surface area contributed by atoms with Crippen LogP contribution in [0.25, 0.3) is 248 Å². The van der Waals surface area contributed by atoms with Gasteiger partial charge in [-0.3, -0.25) is 13.7 Å². The summed E-state index contributed by atoms with van der Waals surface area (Å²) < 4.78 is 11.2. The summed E-state index contributed by atoms with van der Waals surface area (Å²) in [5.74, 6) is 3.04. The molecule has 0 bridgehead atoms. The van der Waals surface area contributed by atoms with E-state index in [-0.39, 0.29) is 0 Å². The van der Waals surface area contributed by atoms with Crippen LogP contribution in [0.3, 0.4) is 0 Å². The summed E-state index contributed by atoms with van der Waals surface area (Å²) in [4.78, 5) is 35.7. The predicted octanol–water partition coefficient (Wildman–Crippen LogP) is 33.1. The van der Waals surface area contributed by atoms with E-state index in [1.165, 1.54) is 124 Å². The van der Waals surface area contributed by atoms with Gasteiger partial charge in [0.25, 0.3) is 0 Å². The lowest BCUT2D eigenvalue weighted by Crippen LogP contribution is -2.52. The summed E-state index contributed by atoms with van der Waals surface area (Å²) >= 11 is 0. The van der Waals surface area contributed by atoms with E-state index in [0.29, 0.717) is 29.5 Å². The molecule has 18 aromatic carbocycles. The van der Waals surface area contributed by atoms with Gasteiger partial charge in [0.1, 0.15) is 8.07 Å². The Hall–Kier alpha value is -19.2. The van der Waals surface area contributed by atoms with Crippen LogP contribution in [0.4, 0.5) is 0 Å². The molecule has 706 valence electrons. The van der Waals surface area contributed by atoms with Crippen molar-refractivity contribution in [3.8, 4) is 130 Å². The van der Waals surface area contributed by atoms with E-state index >= 15 is 0 Å². The maximum atomic E-state index is 5.19. The minimum absolute atomic E-state index is 0.546. The molecule has 0 N–H and O–H groups in total. The third kappa shape index (κ3) is 16.1. The molecular formula is C136H98N12Si. The lowest BCUT2D eigenvalue weighted by Gasteiger charge is -2.23. The molecule has 28 rings (SSSR count). The molecule has 1 fully saturated rings. The fourth-order valence-electron chi connectivity index (χ4n) is 22.9. The van der Waals surface area contributed by atoms with E-state index in [2.05, 4.69) is 413 Å². The fourth-order valence-corrected chi connectivity index (χ4v) is 28.5. The van der Waals surface area contributed by atoms with Gasteiger partial charge in [0, 0.05) is 99.0 Å².